The van der Waals surface area contributed by atoms with Crippen LogP contribution in [0.15, 0.2) is 49.1 Å². The first-order valence-corrected chi connectivity index (χ1v) is 5.58. The molecule has 2 aromatic rings. The van der Waals surface area contributed by atoms with Crippen LogP contribution in [0.1, 0.15) is 23.6 Å². The van der Waals surface area contributed by atoms with Crippen molar-refractivity contribution in [3.63, 3.8) is 0 Å². The molecule has 0 aliphatic rings. The first-order chi connectivity index (χ1) is 7.74. The van der Waals surface area contributed by atoms with E-state index >= 15 is 0 Å². The van der Waals surface area contributed by atoms with Crippen LogP contribution < -0.4 is 5.73 Å². The SMILES string of the molecule is C=CC[C@H](N)c1ccc(C)c2ccccc12. The lowest BCUT2D eigenvalue weighted by Gasteiger charge is -2.14. The van der Waals surface area contributed by atoms with Gasteiger partial charge in [-0.05, 0) is 35.2 Å². The van der Waals surface area contributed by atoms with E-state index in [9.17, 15) is 0 Å². The first-order valence-electron chi connectivity index (χ1n) is 5.58. The number of nitrogens with two attached hydrogens (primary N) is 1. The molecule has 0 saturated carbocycles. The maximum absolute atomic E-state index is 6.15. The summed E-state index contributed by atoms with van der Waals surface area (Å²) in [6.45, 7) is 5.87. The average Bonchev–Trinajstić information content (AvgIpc) is 2.30. The molecule has 0 saturated heterocycles. The average molecular weight is 211 g/mol. The van der Waals surface area contributed by atoms with Crippen molar-refractivity contribution in [3.8, 4) is 0 Å². The highest BCUT2D eigenvalue weighted by Gasteiger charge is 2.08. The molecule has 1 heteroatoms. The quantitative estimate of drug-likeness (QED) is 0.769. The molecule has 2 N–H and O–H groups in total. The second kappa shape index (κ2) is 4.50. The van der Waals surface area contributed by atoms with E-state index in [-0.39, 0.29) is 6.04 Å². The third-order valence-electron chi connectivity index (χ3n) is 3.00. The number of fused-ring (bicyclic) bond motifs is 1. The van der Waals surface area contributed by atoms with Crippen LogP contribution in [0.4, 0.5) is 0 Å². The molecule has 0 unspecified atom stereocenters. The van der Waals surface area contributed by atoms with Crippen molar-refractivity contribution in [2.75, 3.05) is 0 Å². The minimum Gasteiger partial charge on any atom is -0.324 e. The molecule has 82 valence electrons. The molecule has 0 spiro atoms. The van der Waals surface area contributed by atoms with Gasteiger partial charge in [-0.1, -0.05) is 42.5 Å². The summed E-state index contributed by atoms with van der Waals surface area (Å²) < 4.78 is 0. The molecule has 0 heterocycles. The van der Waals surface area contributed by atoms with Gasteiger partial charge in [0.15, 0.2) is 0 Å². The Kier molecular flexibility index (Phi) is 3.07. The minimum atomic E-state index is 0.0444. The van der Waals surface area contributed by atoms with Crippen LogP contribution >= 0.6 is 0 Å². The first kappa shape index (κ1) is 10.9. The molecular formula is C15H17N. The van der Waals surface area contributed by atoms with Crippen molar-refractivity contribution in [1.29, 1.82) is 0 Å². The highest BCUT2D eigenvalue weighted by molar-refractivity contribution is 5.88. The van der Waals surface area contributed by atoms with Gasteiger partial charge in [-0.25, -0.2) is 0 Å². The summed E-state index contributed by atoms with van der Waals surface area (Å²) in [5.74, 6) is 0. The van der Waals surface area contributed by atoms with Gasteiger partial charge in [0.1, 0.15) is 0 Å². The highest BCUT2D eigenvalue weighted by Crippen LogP contribution is 2.27. The summed E-state index contributed by atoms with van der Waals surface area (Å²) >= 11 is 0. The van der Waals surface area contributed by atoms with E-state index < -0.39 is 0 Å². The van der Waals surface area contributed by atoms with Crippen LogP contribution in [0.25, 0.3) is 10.8 Å². The van der Waals surface area contributed by atoms with Gasteiger partial charge in [-0.2, -0.15) is 0 Å². The maximum atomic E-state index is 6.15. The Balaban J connectivity index is 2.62. The molecule has 0 aliphatic heterocycles. The highest BCUT2D eigenvalue weighted by atomic mass is 14.6. The van der Waals surface area contributed by atoms with E-state index in [1.165, 1.54) is 21.9 Å². The van der Waals surface area contributed by atoms with Crippen LogP contribution in [0, 0.1) is 6.92 Å². The van der Waals surface area contributed by atoms with Crippen molar-refractivity contribution in [2.24, 2.45) is 5.73 Å². The topological polar surface area (TPSA) is 26.0 Å². The van der Waals surface area contributed by atoms with Crippen LogP contribution in [0.3, 0.4) is 0 Å². The van der Waals surface area contributed by atoms with E-state index in [4.69, 9.17) is 5.73 Å². The summed E-state index contributed by atoms with van der Waals surface area (Å²) in [6, 6.07) is 12.7. The minimum absolute atomic E-state index is 0.0444. The Bertz CT molecular complexity index is 514. The maximum Gasteiger partial charge on any atom is 0.0335 e. The smallest absolute Gasteiger partial charge is 0.0335 e. The van der Waals surface area contributed by atoms with Gasteiger partial charge in [0.2, 0.25) is 0 Å². The Labute approximate surface area is 96.6 Å². The van der Waals surface area contributed by atoms with E-state index in [1.54, 1.807) is 0 Å². The lowest BCUT2D eigenvalue weighted by molar-refractivity contribution is 0.748. The van der Waals surface area contributed by atoms with Gasteiger partial charge in [-0.3, -0.25) is 0 Å². The predicted octanol–water partition coefficient (Wildman–Crippen LogP) is 3.72. The fraction of sp³-hybridized carbons (Fsp3) is 0.200. The van der Waals surface area contributed by atoms with Crippen molar-refractivity contribution in [2.45, 2.75) is 19.4 Å². The van der Waals surface area contributed by atoms with Crippen molar-refractivity contribution in [3.05, 3.63) is 60.2 Å². The summed E-state index contributed by atoms with van der Waals surface area (Å²) in [5.41, 5.74) is 8.66. The second-order valence-corrected chi connectivity index (χ2v) is 4.15. The fourth-order valence-corrected chi connectivity index (χ4v) is 2.10. The lowest BCUT2D eigenvalue weighted by Crippen LogP contribution is -2.09. The van der Waals surface area contributed by atoms with Crippen LogP contribution in [0.2, 0.25) is 0 Å². The largest absolute Gasteiger partial charge is 0.324 e. The molecule has 16 heavy (non-hydrogen) atoms. The van der Waals surface area contributed by atoms with Gasteiger partial charge in [0.05, 0.1) is 0 Å². The Hall–Kier alpha value is -1.60. The zero-order valence-electron chi connectivity index (χ0n) is 9.61. The van der Waals surface area contributed by atoms with Crippen molar-refractivity contribution in [1.82, 2.24) is 0 Å². The van der Waals surface area contributed by atoms with E-state index in [0.717, 1.165) is 6.42 Å². The van der Waals surface area contributed by atoms with Gasteiger partial charge < -0.3 is 5.73 Å². The Morgan fingerprint density at radius 1 is 1.19 bits per heavy atom. The molecule has 1 nitrogen and oxygen atoms in total. The molecule has 2 aromatic carbocycles. The van der Waals surface area contributed by atoms with Crippen LogP contribution in [0.5, 0.6) is 0 Å². The van der Waals surface area contributed by atoms with Crippen LogP contribution in [-0.4, -0.2) is 0 Å². The summed E-state index contributed by atoms with van der Waals surface area (Å²) in [7, 11) is 0. The van der Waals surface area contributed by atoms with Gasteiger partial charge in [0.25, 0.3) is 0 Å². The zero-order chi connectivity index (χ0) is 11.5. The zero-order valence-corrected chi connectivity index (χ0v) is 9.61. The van der Waals surface area contributed by atoms with E-state index in [1.807, 2.05) is 6.08 Å². The number of aryl methyl sites for hydroxylation is 1. The van der Waals surface area contributed by atoms with Gasteiger partial charge in [-0.15, -0.1) is 6.58 Å². The monoisotopic (exact) mass is 211 g/mol. The van der Waals surface area contributed by atoms with Gasteiger partial charge in [0, 0.05) is 6.04 Å². The lowest BCUT2D eigenvalue weighted by atomic mass is 9.95. The number of rotatable bonds is 3. The molecule has 1 atom stereocenters. The fourth-order valence-electron chi connectivity index (χ4n) is 2.10. The summed E-state index contributed by atoms with van der Waals surface area (Å²) in [5, 5.41) is 2.55. The molecule has 0 fully saturated rings. The Morgan fingerprint density at radius 3 is 2.56 bits per heavy atom. The normalized spacial score (nSPS) is 12.6. The van der Waals surface area contributed by atoms with E-state index in [0.29, 0.717) is 0 Å². The molecule has 0 aromatic heterocycles. The predicted molar refractivity (Wildman–Crippen MR) is 70.4 cm³/mol. The molecule has 0 radical (unpaired) electrons. The number of hydrogen-bond donors (Lipinski definition) is 1. The third kappa shape index (κ3) is 1.86. The standard InChI is InChI=1S/C15H17N/c1-3-6-15(16)14-10-9-11(2)12-7-4-5-8-13(12)14/h3-5,7-10,15H,1,6,16H2,2H3/t15-/m0/s1. The van der Waals surface area contributed by atoms with E-state index in [2.05, 4.69) is 49.9 Å². The molecular weight excluding hydrogens is 194 g/mol. The summed E-state index contributed by atoms with van der Waals surface area (Å²) in [6.07, 6.45) is 2.69. The number of benzene rings is 2. The third-order valence-corrected chi connectivity index (χ3v) is 3.00. The Morgan fingerprint density at radius 2 is 1.88 bits per heavy atom. The second-order valence-electron chi connectivity index (χ2n) is 4.15. The number of hydrogen-bond acceptors (Lipinski definition) is 1. The summed E-state index contributed by atoms with van der Waals surface area (Å²) in [4.78, 5) is 0. The molecule has 0 bridgehead atoms. The molecule has 2 rings (SSSR count). The molecule has 0 amide bonds. The van der Waals surface area contributed by atoms with Crippen LogP contribution in [-0.2, 0) is 0 Å². The van der Waals surface area contributed by atoms with Crippen molar-refractivity contribution >= 4 is 10.8 Å². The van der Waals surface area contributed by atoms with Crippen molar-refractivity contribution < 1.29 is 0 Å². The molecule has 0 aliphatic carbocycles. The van der Waals surface area contributed by atoms with Gasteiger partial charge >= 0.3 is 0 Å².